The minimum atomic E-state index is -1.76. The number of imidazole rings is 1. The van der Waals surface area contributed by atoms with Crippen molar-refractivity contribution < 1.29 is 18.7 Å². The van der Waals surface area contributed by atoms with E-state index in [4.69, 9.17) is 20.4 Å². The van der Waals surface area contributed by atoms with Gasteiger partial charge < -0.3 is 29.8 Å². The Hall–Kier alpha value is -3.99. The van der Waals surface area contributed by atoms with E-state index in [0.29, 0.717) is 40.9 Å². The summed E-state index contributed by atoms with van der Waals surface area (Å²) in [7, 11) is 3.60. The molecule has 2 bridgehead atoms. The Morgan fingerprint density at radius 2 is 1.96 bits per heavy atom. The molecule has 0 unspecified atom stereocenters. The highest BCUT2D eigenvalue weighted by atomic mass is 19.1. The molecule has 1 aromatic carbocycles. The third-order valence-electron chi connectivity index (χ3n) is 11.0. The van der Waals surface area contributed by atoms with Crippen LogP contribution in [0.2, 0.25) is 0 Å². The number of nitrogens with one attached hydrogen (secondary N) is 1. The number of nitrogens with zero attached hydrogens (tertiary/aromatic N) is 5. The van der Waals surface area contributed by atoms with Gasteiger partial charge in [0.05, 0.1) is 30.1 Å². The molecule has 0 radical (unpaired) electrons. The number of pyridine rings is 1. The Morgan fingerprint density at radius 1 is 1.15 bits per heavy atom. The van der Waals surface area contributed by atoms with Crippen molar-refractivity contribution >= 4 is 33.9 Å². The van der Waals surface area contributed by atoms with Crippen LogP contribution >= 0.6 is 0 Å². The number of amides is 2. The van der Waals surface area contributed by atoms with Gasteiger partial charge in [0, 0.05) is 43.2 Å². The first kappa shape index (κ1) is 29.4. The van der Waals surface area contributed by atoms with Gasteiger partial charge in [0.15, 0.2) is 11.5 Å². The molecule has 1 saturated heterocycles. The lowest BCUT2D eigenvalue weighted by atomic mass is 9.81. The topological polar surface area (TPSA) is 120 Å². The smallest absolute Gasteiger partial charge is 0.258 e. The lowest BCUT2D eigenvalue weighted by molar-refractivity contribution is -0.139. The van der Waals surface area contributed by atoms with Crippen LogP contribution in [0.25, 0.3) is 33.6 Å². The standard InChI is InChI=1S/C35H42FN7O3/c1-19(38-34(45)35(36)11-4-12-35)26-10-8-22-15-28(43(31(22)39-26)17-20-5-6-20)32-40-27-14-23(16-29(46-3)30(27)41(32)2)33(44)42-18-25(37)21-7-9-24(42)13-21/h8,10,14-16,19-21,24-25H,4-7,9,11-13,17-18,37H2,1-3H3,(H,38,45)/t19-,21-,24+,25+/m1/s1. The first-order valence-corrected chi connectivity index (χ1v) is 16.7. The number of alkyl halides is 1. The van der Waals surface area contributed by atoms with Gasteiger partial charge in [-0.15, -0.1) is 0 Å². The third kappa shape index (κ3) is 4.77. The second-order valence-electron chi connectivity index (χ2n) is 14.1. The molecule has 4 heterocycles. The number of nitrogens with two attached hydrogens (primary N) is 1. The largest absolute Gasteiger partial charge is 0.494 e. The molecule has 2 amide bonds. The Balaban J connectivity index is 1.17. The number of ether oxygens (including phenoxy) is 1. The average molecular weight is 628 g/mol. The van der Waals surface area contributed by atoms with Gasteiger partial charge in [-0.25, -0.2) is 14.4 Å². The van der Waals surface area contributed by atoms with Crippen molar-refractivity contribution in [3.05, 3.63) is 41.6 Å². The summed E-state index contributed by atoms with van der Waals surface area (Å²) in [6.07, 6.45) is 6.66. The predicted octanol–water partition coefficient (Wildman–Crippen LogP) is 5.03. The molecule has 4 aliphatic rings. The number of rotatable bonds is 8. The van der Waals surface area contributed by atoms with E-state index >= 15 is 0 Å². The SMILES string of the molecule is COc1cc(C(=O)N2C[C@H](N)[C@@H]3CC[C@H]2C3)cc2nc(-c3cc4ccc([C@@H](C)NC(=O)C5(F)CCC5)nc4n3CC3CC3)n(C)c12. The van der Waals surface area contributed by atoms with E-state index < -0.39 is 17.6 Å². The van der Waals surface area contributed by atoms with Crippen LogP contribution in [-0.4, -0.2) is 67.2 Å². The molecule has 1 aliphatic heterocycles. The van der Waals surface area contributed by atoms with Crippen molar-refractivity contribution in [1.29, 1.82) is 0 Å². The van der Waals surface area contributed by atoms with E-state index in [-0.39, 0.29) is 30.8 Å². The molecule has 4 atom stereocenters. The normalized spacial score (nSPS) is 24.3. The van der Waals surface area contributed by atoms with Crippen LogP contribution in [0.4, 0.5) is 4.39 Å². The number of methoxy groups -OCH3 is 1. The quantitative estimate of drug-likeness (QED) is 0.283. The van der Waals surface area contributed by atoms with Gasteiger partial charge in [0.1, 0.15) is 16.9 Å². The summed E-state index contributed by atoms with van der Waals surface area (Å²) in [5.41, 5.74) is 9.16. The maximum absolute atomic E-state index is 14.7. The molecule has 11 heteroatoms. The lowest BCUT2D eigenvalue weighted by Crippen LogP contribution is -2.51. The maximum atomic E-state index is 14.7. The fraction of sp³-hybridized carbons (Fsp3) is 0.543. The summed E-state index contributed by atoms with van der Waals surface area (Å²) < 4.78 is 24.9. The molecule has 0 spiro atoms. The molecule has 4 aromatic rings. The van der Waals surface area contributed by atoms with E-state index in [1.165, 1.54) is 0 Å². The highest BCUT2D eigenvalue weighted by Crippen LogP contribution is 2.40. The van der Waals surface area contributed by atoms with Gasteiger partial charge in [-0.05, 0) is 100 Å². The Bertz CT molecular complexity index is 1870. The van der Waals surface area contributed by atoms with Crippen LogP contribution in [0.5, 0.6) is 5.75 Å². The summed E-state index contributed by atoms with van der Waals surface area (Å²) in [4.78, 5) is 38.5. The summed E-state index contributed by atoms with van der Waals surface area (Å²) in [6, 6.07) is 9.55. The monoisotopic (exact) mass is 627 g/mol. The first-order valence-electron chi connectivity index (χ1n) is 16.7. The van der Waals surface area contributed by atoms with Crippen molar-refractivity contribution in [3.8, 4) is 17.3 Å². The van der Waals surface area contributed by atoms with Crippen LogP contribution in [0.15, 0.2) is 30.3 Å². The number of aryl methyl sites for hydroxylation is 1. The number of hydrogen-bond donors (Lipinski definition) is 2. The molecule has 3 aliphatic carbocycles. The van der Waals surface area contributed by atoms with Gasteiger partial charge in [0.2, 0.25) is 0 Å². The zero-order chi connectivity index (χ0) is 31.9. The second kappa shape index (κ2) is 10.8. The number of halogens is 1. The minimum Gasteiger partial charge on any atom is -0.494 e. The van der Waals surface area contributed by atoms with Crippen LogP contribution in [0.1, 0.15) is 80.4 Å². The van der Waals surface area contributed by atoms with Gasteiger partial charge >= 0.3 is 0 Å². The number of benzene rings is 1. The van der Waals surface area contributed by atoms with Crippen molar-refractivity contribution in [3.63, 3.8) is 0 Å². The molecule has 3 aromatic heterocycles. The summed E-state index contributed by atoms with van der Waals surface area (Å²) >= 11 is 0. The predicted molar refractivity (Wildman–Crippen MR) is 173 cm³/mol. The van der Waals surface area contributed by atoms with Gasteiger partial charge in [-0.2, -0.15) is 0 Å². The number of piperidine rings is 1. The van der Waals surface area contributed by atoms with E-state index in [2.05, 4.69) is 16.0 Å². The Labute approximate surface area is 267 Å². The van der Waals surface area contributed by atoms with E-state index in [1.54, 1.807) is 7.11 Å². The molecule has 4 fully saturated rings. The van der Waals surface area contributed by atoms with Crippen LogP contribution < -0.4 is 15.8 Å². The highest BCUT2D eigenvalue weighted by Gasteiger charge is 2.45. The van der Waals surface area contributed by atoms with Crippen LogP contribution in [0.3, 0.4) is 0 Å². The van der Waals surface area contributed by atoms with Crippen molar-refractivity contribution in [2.75, 3.05) is 13.7 Å². The number of hydrogen-bond acceptors (Lipinski definition) is 6. The average Bonchev–Trinajstić information content (AvgIpc) is 3.50. The number of likely N-dealkylation sites (tertiary alicyclic amines) is 1. The molecular weight excluding hydrogens is 585 g/mol. The number of aromatic nitrogens is 4. The van der Waals surface area contributed by atoms with Crippen LogP contribution in [0, 0.1) is 11.8 Å². The molecule has 10 nitrogen and oxygen atoms in total. The summed E-state index contributed by atoms with van der Waals surface area (Å²) in [5.74, 6) is 1.84. The zero-order valence-electron chi connectivity index (χ0n) is 26.8. The fourth-order valence-corrected chi connectivity index (χ4v) is 7.85. The molecule has 3 N–H and O–H groups in total. The van der Waals surface area contributed by atoms with E-state index in [0.717, 1.165) is 73.1 Å². The van der Waals surface area contributed by atoms with Gasteiger partial charge in [-0.1, -0.05) is 0 Å². The number of carbonyl (C=O) groups is 2. The number of fused-ring (bicyclic) bond motifs is 4. The molecular formula is C35H42FN7O3. The lowest BCUT2D eigenvalue weighted by Gasteiger charge is -2.37. The van der Waals surface area contributed by atoms with Crippen molar-refractivity contribution in [2.45, 2.75) is 88.6 Å². The first-order chi connectivity index (χ1) is 22.1. The fourth-order valence-electron chi connectivity index (χ4n) is 7.85. The van der Waals surface area contributed by atoms with E-state index in [1.807, 2.05) is 47.7 Å². The Kier molecular flexibility index (Phi) is 6.90. The maximum Gasteiger partial charge on any atom is 0.258 e. The molecule has 3 saturated carbocycles. The summed E-state index contributed by atoms with van der Waals surface area (Å²) in [5, 5.41) is 3.81. The highest BCUT2D eigenvalue weighted by molar-refractivity contribution is 6.00. The minimum absolute atomic E-state index is 0.0135. The van der Waals surface area contributed by atoms with Crippen LogP contribution in [-0.2, 0) is 18.4 Å². The number of carbonyl (C=O) groups excluding carboxylic acids is 2. The van der Waals surface area contributed by atoms with Gasteiger partial charge in [0.25, 0.3) is 11.8 Å². The molecule has 242 valence electrons. The molecule has 8 rings (SSSR count). The third-order valence-corrected chi connectivity index (χ3v) is 11.0. The summed E-state index contributed by atoms with van der Waals surface area (Å²) in [6.45, 7) is 3.23. The van der Waals surface area contributed by atoms with Gasteiger partial charge in [-0.3, -0.25) is 9.59 Å². The van der Waals surface area contributed by atoms with Crippen molar-refractivity contribution in [1.82, 2.24) is 29.3 Å². The Morgan fingerprint density at radius 3 is 2.67 bits per heavy atom. The van der Waals surface area contributed by atoms with E-state index in [9.17, 15) is 14.0 Å². The van der Waals surface area contributed by atoms with Crippen molar-refractivity contribution in [2.24, 2.45) is 24.6 Å². The second-order valence-corrected chi connectivity index (χ2v) is 14.1. The molecule has 46 heavy (non-hydrogen) atoms. The zero-order valence-corrected chi connectivity index (χ0v) is 26.8.